The molecule has 2 aliphatic rings. The second-order valence-electron chi connectivity index (χ2n) is 6.71. The van der Waals surface area contributed by atoms with Gasteiger partial charge in [-0.3, -0.25) is 10.1 Å². The van der Waals surface area contributed by atoms with Crippen LogP contribution < -0.4 is 11.1 Å². The van der Waals surface area contributed by atoms with E-state index in [1.807, 2.05) is 33.8 Å². The molecule has 1 saturated heterocycles. The monoisotopic (exact) mass is 290 g/mol. The van der Waals surface area contributed by atoms with Crippen LogP contribution in [0.15, 0.2) is 6.07 Å². The van der Waals surface area contributed by atoms with Crippen molar-refractivity contribution in [3.05, 3.63) is 17.5 Å². The van der Waals surface area contributed by atoms with Gasteiger partial charge in [0.2, 0.25) is 11.9 Å². The zero-order valence-corrected chi connectivity index (χ0v) is 12.9. The van der Waals surface area contributed by atoms with Gasteiger partial charge in [-0.2, -0.15) is 0 Å². The number of nitrogens with zero attached hydrogens (tertiary/aromatic N) is 2. The standard InChI is InChI=1S/C15H22N4O2/c1-8-7-9(2)18-13(17-8)19-12(20)15(16)10-5-6-21-11(10)14(15,3)4/h7,10-11H,5-6,16H2,1-4H3,(H,17,18,19,20). The Hall–Kier alpha value is -1.53. The van der Waals surface area contributed by atoms with Crippen molar-refractivity contribution in [2.75, 3.05) is 11.9 Å². The van der Waals surface area contributed by atoms with Crippen LogP contribution in [-0.2, 0) is 9.53 Å². The molecule has 1 aromatic heterocycles. The summed E-state index contributed by atoms with van der Waals surface area (Å²) in [6, 6.07) is 1.86. The highest BCUT2D eigenvalue weighted by molar-refractivity contribution is 5.99. The Bertz CT molecular complexity index is 581. The molecule has 0 aromatic carbocycles. The van der Waals surface area contributed by atoms with Crippen molar-refractivity contribution < 1.29 is 9.53 Å². The molecule has 114 valence electrons. The molecule has 21 heavy (non-hydrogen) atoms. The van der Waals surface area contributed by atoms with E-state index in [0.717, 1.165) is 17.8 Å². The van der Waals surface area contributed by atoms with Crippen molar-refractivity contribution in [2.45, 2.75) is 45.8 Å². The minimum atomic E-state index is -0.935. The van der Waals surface area contributed by atoms with Gasteiger partial charge < -0.3 is 10.5 Å². The highest BCUT2D eigenvalue weighted by Crippen LogP contribution is 2.58. The molecule has 3 rings (SSSR count). The third kappa shape index (κ3) is 1.89. The highest BCUT2D eigenvalue weighted by Gasteiger charge is 2.71. The normalized spacial score (nSPS) is 33.2. The molecule has 0 radical (unpaired) electrons. The molecule has 0 bridgehead atoms. The lowest BCUT2D eigenvalue weighted by atomic mass is 9.48. The fraction of sp³-hybridized carbons (Fsp3) is 0.667. The molecule has 1 saturated carbocycles. The van der Waals surface area contributed by atoms with Gasteiger partial charge in [0.1, 0.15) is 5.54 Å². The van der Waals surface area contributed by atoms with Crippen molar-refractivity contribution in [1.29, 1.82) is 0 Å². The van der Waals surface area contributed by atoms with Crippen molar-refractivity contribution >= 4 is 11.9 Å². The maximum absolute atomic E-state index is 12.7. The van der Waals surface area contributed by atoms with E-state index in [9.17, 15) is 4.79 Å². The number of hydrogen-bond donors (Lipinski definition) is 2. The third-order valence-corrected chi connectivity index (χ3v) is 5.04. The number of hydrogen-bond acceptors (Lipinski definition) is 5. The lowest BCUT2D eigenvalue weighted by Crippen LogP contribution is -2.79. The third-order valence-electron chi connectivity index (χ3n) is 5.04. The van der Waals surface area contributed by atoms with Gasteiger partial charge in [0.25, 0.3) is 0 Å². The van der Waals surface area contributed by atoms with E-state index in [1.54, 1.807) is 0 Å². The minimum Gasteiger partial charge on any atom is -0.377 e. The lowest BCUT2D eigenvalue weighted by Gasteiger charge is -2.60. The summed E-state index contributed by atoms with van der Waals surface area (Å²) in [4.78, 5) is 21.2. The zero-order valence-electron chi connectivity index (χ0n) is 12.9. The van der Waals surface area contributed by atoms with Gasteiger partial charge in [0, 0.05) is 29.3 Å². The Labute approximate surface area is 124 Å². The molecule has 6 heteroatoms. The van der Waals surface area contributed by atoms with Crippen LogP contribution in [0.25, 0.3) is 0 Å². The molecular weight excluding hydrogens is 268 g/mol. The van der Waals surface area contributed by atoms with Gasteiger partial charge in [-0.25, -0.2) is 9.97 Å². The van der Waals surface area contributed by atoms with Gasteiger partial charge in [-0.15, -0.1) is 0 Å². The molecule has 1 aromatic rings. The van der Waals surface area contributed by atoms with E-state index < -0.39 is 11.0 Å². The van der Waals surface area contributed by atoms with E-state index in [0.29, 0.717) is 12.6 Å². The zero-order chi connectivity index (χ0) is 15.4. The summed E-state index contributed by atoms with van der Waals surface area (Å²) in [6.07, 6.45) is 0.888. The number of carbonyl (C=O) groups excluding carboxylic acids is 1. The molecule has 1 aliphatic carbocycles. The second-order valence-corrected chi connectivity index (χ2v) is 6.71. The first-order valence-electron chi connectivity index (χ1n) is 7.31. The first-order chi connectivity index (χ1) is 9.76. The van der Waals surface area contributed by atoms with Crippen molar-refractivity contribution in [3.8, 4) is 0 Å². The Balaban J connectivity index is 1.85. The largest absolute Gasteiger partial charge is 0.377 e. The molecular formula is C15H22N4O2. The first kappa shape index (κ1) is 14.4. The summed E-state index contributed by atoms with van der Waals surface area (Å²) >= 11 is 0. The van der Waals surface area contributed by atoms with Crippen LogP contribution in [0.5, 0.6) is 0 Å². The summed E-state index contributed by atoms with van der Waals surface area (Å²) in [5.74, 6) is 0.170. The predicted octanol–water partition coefficient (Wildman–Crippen LogP) is 1.17. The molecule has 3 unspecified atom stereocenters. The molecule has 0 spiro atoms. The van der Waals surface area contributed by atoms with Gasteiger partial charge in [0.05, 0.1) is 6.10 Å². The number of fused-ring (bicyclic) bond motifs is 1. The number of nitrogens with two attached hydrogens (primary N) is 1. The van der Waals surface area contributed by atoms with Crippen LogP contribution in [0, 0.1) is 25.2 Å². The number of aryl methyl sites for hydroxylation is 2. The van der Waals surface area contributed by atoms with Gasteiger partial charge >= 0.3 is 0 Å². The fourth-order valence-corrected chi connectivity index (χ4v) is 3.83. The number of rotatable bonds is 2. The van der Waals surface area contributed by atoms with Crippen LogP contribution in [0.2, 0.25) is 0 Å². The van der Waals surface area contributed by atoms with Crippen molar-refractivity contribution in [3.63, 3.8) is 0 Å². The summed E-state index contributed by atoms with van der Waals surface area (Å²) in [6.45, 7) is 8.39. The van der Waals surface area contributed by atoms with Crippen molar-refractivity contribution in [2.24, 2.45) is 17.1 Å². The van der Waals surface area contributed by atoms with E-state index in [-0.39, 0.29) is 17.9 Å². The van der Waals surface area contributed by atoms with Crippen LogP contribution in [0.1, 0.15) is 31.7 Å². The number of ether oxygens (including phenoxy) is 1. The fourth-order valence-electron chi connectivity index (χ4n) is 3.83. The average molecular weight is 290 g/mol. The van der Waals surface area contributed by atoms with E-state index in [1.165, 1.54) is 0 Å². The maximum Gasteiger partial charge on any atom is 0.247 e. The van der Waals surface area contributed by atoms with E-state index in [4.69, 9.17) is 10.5 Å². The number of amides is 1. The summed E-state index contributed by atoms with van der Waals surface area (Å²) in [7, 11) is 0. The number of anilines is 1. The Kier molecular flexibility index (Phi) is 3.07. The SMILES string of the molecule is Cc1cc(C)nc(NC(=O)C2(N)C3CCOC3C2(C)C)n1. The molecule has 6 nitrogen and oxygen atoms in total. The second kappa shape index (κ2) is 4.48. The van der Waals surface area contributed by atoms with Crippen molar-refractivity contribution in [1.82, 2.24) is 9.97 Å². The smallest absolute Gasteiger partial charge is 0.247 e. The maximum atomic E-state index is 12.7. The van der Waals surface area contributed by atoms with E-state index >= 15 is 0 Å². The molecule has 3 atom stereocenters. The number of aromatic nitrogens is 2. The molecule has 1 amide bonds. The lowest BCUT2D eigenvalue weighted by molar-refractivity contribution is -0.170. The Morgan fingerprint density at radius 3 is 2.62 bits per heavy atom. The molecule has 2 fully saturated rings. The minimum absolute atomic E-state index is 0.0633. The topological polar surface area (TPSA) is 90.1 Å². The quantitative estimate of drug-likeness (QED) is 0.853. The Morgan fingerprint density at radius 2 is 2.00 bits per heavy atom. The average Bonchev–Trinajstić information content (AvgIpc) is 2.84. The van der Waals surface area contributed by atoms with Gasteiger partial charge in [-0.1, -0.05) is 13.8 Å². The number of carbonyl (C=O) groups is 1. The van der Waals surface area contributed by atoms with Crippen LogP contribution >= 0.6 is 0 Å². The summed E-state index contributed by atoms with van der Waals surface area (Å²) < 4.78 is 5.71. The Morgan fingerprint density at radius 1 is 1.38 bits per heavy atom. The van der Waals surface area contributed by atoms with E-state index in [2.05, 4.69) is 15.3 Å². The predicted molar refractivity (Wildman–Crippen MR) is 78.7 cm³/mol. The van der Waals surface area contributed by atoms with Crippen LogP contribution in [-0.4, -0.2) is 34.1 Å². The first-order valence-corrected chi connectivity index (χ1v) is 7.31. The van der Waals surface area contributed by atoms with Crippen LogP contribution in [0.4, 0.5) is 5.95 Å². The summed E-state index contributed by atoms with van der Waals surface area (Å²) in [5.41, 5.74) is 6.80. The molecule has 3 N–H and O–H groups in total. The van der Waals surface area contributed by atoms with Crippen LogP contribution in [0.3, 0.4) is 0 Å². The molecule has 2 heterocycles. The summed E-state index contributed by atoms with van der Waals surface area (Å²) in [5, 5.41) is 2.79. The highest BCUT2D eigenvalue weighted by atomic mass is 16.5. The number of nitrogens with one attached hydrogen (secondary N) is 1. The van der Waals surface area contributed by atoms with Gasteiger partial charge in [0.15, 0.2) is 0 Å². The van der Waals surface area contributed by atoms with Gasteiger partial charge in [-0.05, 0) is 26.3 Å². The molecule has 1 aliphatic heterocycles.